The van der Waals surface area contributed by atoms with Gasteiger partial charge in [0.2, 0.25) is 0 Å². The number of hydrogen-bond donors (Lipinski definition) is 1. The monoisotopic (exact) mass is 442 g/mol. The van der Waals surface area contributed by atoms with Crippen molar-refractivity contribution in [1.29, 1.82) is 0 Å². The van der Waals surface area contributed by atoms with Gasteiger partial charge in [-0.25, -0.2) is 0 Å². The van der Waals surface area contributed by atoms with Gasteiger partial charge in [0.25, 0.3) is 0 Å². The predicted molar refractivity (Wildman–Crippen MR) is 120 cm³/mol. The van der Waals surface area contributed by atoms with Crippen LogP contribution in [0.1, 0.15) is 77.2 Å². The Morgan fingerprint density at radius 1 is 1.00 bits per heavy atom. The van der Waals surface area contributed by atoms with Crippen LogP contribution in [0.25, 0.3) is 6.08 Å². The molecule has 1 N–H and O–H groups in total. The number of halogens is 1. The summed E-state index contributed by atoms with van der Waals surface area (Å²) in [5.41, 5.74) is 3.15. The molecule has 0 spiro atoms. The smallest absolute Gasteiger partial charge is 0.0809 e. The molecule has 1 nitrogen and oxygen atoms in total. The maximum absolute atomic E-state index is 11.4. The zero-order valence-corrected chi connectivity index (χ0v) is 19.0. The van der Waals surface area contributed by atoms with Gasteiger partial charge in [-0.1, -0.05) is 60.8 Å². The normalized spacial score (nSPS) is 46.7. The van der Waals surface area contributed by atoms with Crippen LogP contribution in [-0.4, -0.2) is 11.2 Å². The molecule has 4 aliphatic carbocycles. The van der Waals surface area contributed by atoms with Gasteiger partial charge in [0.1, 0.15) is 0 Å². The lowest BCUT2D eigenvalue weighted by Gasteiger charge is -2.60. The summed E-state index contributed by atoms with van der Waals surface area (Å²) in [5.74, 6) is 3.34. The maximum Gasteiger partial charge on any atom is 0.0809 e. The predicted octanol–water partition coefficient (Wildman–Crippen LogP) is 7.24. The molecule has 7 atom stereocenters. The molecular formula is C26H35BrO. The number of aliphatic hydroxyl groups excluding tert-OH is 1. The van der Waals surface area contributed by atoms with Gasteiger partial charge in [-0.05, 0) is 97.3 Å². The highest BCUT2D eigenvalue weighted by molar-refractivity contribution is 9.10. The van der Waals surface area contributed by atoms with E-state index < -0.39 is 0 Å². The first-order valence-corrected chi connectivity index (χ1v) is 12.4. The molecule has 4 aliphatic rings. The first-order valence-electron chi connectivity index (χ1n) is 11.6. The molecule has 4 saturated carbocycles. The summed E-state index contributed by atoms with van der Waals surface area (Å²) in [6.45, 7) is 5.04. The van der Waals surface area contributed by atoms with Crippen LogP contribution in [0.2, 0.25) is 0 Å². The van der Waals surface area contributed by atoms with E-state index in [4.69, 9.17) is 0 Å². The molecule has 2 heteroatoms. The number of hydrogen-bond acceptors (Lipinski definition) is 1. The van der Waals surface area contributed by atoms with Crippen molar-refractivity contribution in [1.82, 2.24) is 0 Å². The van der Waals surface area contributed by atoms with E-state index in [9.17, 15) is 5.11 Å². The molecule has 0 amide bonds. The summed E-state index contributed by atoms with van der Waals surface area (Å²) in [6, 6.07) is 8.49. The van der Waals surface area contributed by atoms with Gasteiger partial charge in [0, 0.05) is 9.89 Å². The maximum atomic E-state index is 11.4. The molecule has 1 aromatic carbocycles. The largest absolute Gasteiger partial charge is 0.388 e. The Hall–Kier alpha value is -0.600. The van der Waals surface area contributed by atoms with Crippen molar-refractivity contribution in [2.45, 2.75) is 77.7 Å². The molecule has 0 saturated heterocycles. The Balaban J connectivity index is 1.46. The van der Waals surface area contributed by atoms with Gasteiger partial charge in [-0.15, -0.1) is 0 Å². The van der Waals surface area contributed by atoms with Crippen molar-refractivity contribution in [3.8, 4) is 0 Å². The third-order valence-corrected chi connectivity index (χ3v) is 10.1. The first-order chi connectivity index (χ1) is 13.4. The fourth-order valence-electron chi connectivity index (χ4n) is 8.10. The highest BCUT2D eigenvalue weighted by Gasteiger charge is 2.60. The Bertz CT molecular complexity index is 784. The molecule has 1 aromatic rings. The third-order valence-electron chi connectivity index (χ3n) is 9.65. The zero-order chi connectivity index (χ0) is 19.5. The Morgan fingerprint density at radius 2 is 1.86 bits per heavy atom. The second kappa shape index (κ2) is 6.98. The van der Waals surface area contributed by atoms with E-state index in [1.165, 1.54) is 62.5 Å². The van der Waals surface area contributed by atoms with Crippen LogP contribution in [0.5, 0.6) is 0 Å². The van der Waals surface area contributed by atoms with Gasteiger partial charge < -0.3 is 5.11 Å². The van der Waals surface area contributed by atoms with E-state index in [1.54, 1.807) is 0 Å². The zero-order valence-electron chi connectivity index (χ0n) is 17.5. The second-order valence-corrected chi connectivity index (χ2v) is 11.7. The quantitative estimate of drug-likeness (QED) is 0.485. The standard InChI is InChI=1S/C26H35BrO/c1-25-12-4-3-7-19(25)9-10-21-22(25)11-13-26(2)23(21)16-18(24(26)28)14-17-6-5-8-20(27)15-17/h5-6,8,14-15,19,21-24,28H,3-4,7,9-13,16H2,1-2H3/b18-14+. The average molecular weight is 443 g/mol. The lowest BCUT2D eigenvalue weighted by atomic mass is 9.45. The molecule has 152 valence electrons. The van der Waals surface area contributed by atoms with Crippen molar-refractivity contribution >= 4 is 22.0 Å². The van der Waals surface area contributed by atoms with Crippen molar-refractivity contribution < 1.29 is 5.11 Å². The molecular weight excluding hydrogens is 408 g/mol. The van der Waals surface area contributed by atoms with Crippen molar-refractivity contribution in [3.63, 3.8) is 0 Å². The number of aliphatic hydroxyl groups is 1. The minimum absolute atomic E-state index is 0.0802. The Labute approximate surface area is 179 Å². The number of benzene rings is 1. The summed E-state index contributed by atoms with van der Waals surface area (Å²) in [7, 11) is 0. The fourth-order valence-corrected chi connectivity index (χ4v) is 8.52. The highest BCUT2D eigenvalue weighted by Crippen LogP contribution is 2.67. The van der Waals surface area contributed by atoms with Crippen LogP contribution in [0, 0.1) is 34.5 Å². The Kier molecular flexibility index (Phi) is 4.83. The van der Waals surface area contributed by atoms with E-state index in [0.29, 0.717) is 11.3 Å². The Morgan fingerprint density at radius 3 is 2.68 bits per heavy atom. The lowest BCUT2D eigenvalue weighted by Crippen LogP contribution is -2.53. The topological polar surface area (TPSA) is 20.2 Å². The molecule has 0 bridgehead atoms. The van der Waals surface area contributed by atoms with Crippen LogP contribution in [0.3, 0.4) is 0 Å². The summed E-state index contributed by atoms with van der Waals surface area (Å²) < 4.78 is 1.11. The van der Waals surface area contributed by atoms with Crippen LogP contribution in [0.15, 0.2) is 34.3 Å². The molecule has 0 aromatic heterocycles. The van der Waals surface area contributed by atoms with E-state index in [0.717, 1.165) is 28.6 Å². The average Bonchev–Trinajstić information content (AvgIpc) is 2.92. The SMILES string of the molecule is CC12CCCCC1CCC1C2CCC2(C)C(O)/C(=C/c3cccc(Br)c3)CC12. The molecule has 5 rings (SSSR count). The van der Waals surface area contributed by atoms with E-state index >= 15 is 0 Å². The number of fused-ring (bicyclic) bond motifs is 5. The lowest BCUT2D eigenvalue weighted by molar-refractivity contribution is -0.119. The summed E-state index contributed by atoms with van der Waals surface area (Å²) in [5, 5.41) is 11.4. The van der Waals surface area contributed by atoms with E-state index in [1.807, 2.05) is 0 Å². The van der Waals surface area contributed by atoms with Crippen molar-refractivity contribution in [2.75, 3.05) is 0 Å². The highest BCUT2D eigenvalue weighted by atomic mass is 79.9. The second-order valence-electron chi connectivity index (χ2n) is 10.8. The van der Waals surface area contributed by atoms with Crippen molar-refractivity contribution in [2.24, 2.45) is 34.5 Å². The molecule has 0 heterocycles. The van der Waals surface area contributed by atoms with Crippen LogP contribution in [-0.2, 0) is 0 Å². The van der Waals surface area contributed by atoms with Gasteiger partial charge in [0.15, 0.2) is 0 Å². The van der Waals surface area contributed by atoms with Crippen molar-refractivity contribution in [3.05, 3.63) is 39.9 Å². The van der Waals surface area contributed by atoms with Gasteiger partial charge in [-0.3, -0.25) is 0 Å². The molecule has 4 fully saturated rings. The minimum atomic E-state index is -0.269. The minimum Gasteiger partial charge on any atom is -0.388 e. The van der Waals surface area contributed by atoms with E-state index in [2.05, 4.69) is 60.1 Å². The summed E-state index contributed by atoms with van der Waals surface area (Å²) in [6.07, 6.45) is 14.3. The molecule has 0 aliphatic heterocycles. The van der Waals surface area contributed by atoms with Crippen LogP contribution >= 0.6 is 15.9 Å². The van der Waals surface area contributed by atoms with Gasteiger partial charge >= 0.3 is 0 Å². The van der Waals surface area contributed by atoms with Gasteiger partial charge in [0.05, 0.1) is 6.10 Å². The fraction of sp³-hybridized carbons (Fsp3) is 0.692. The molecule has 0 radical (unpaired) electrons. The molecule has 28 heavy (non-hydrogen) atoms. The van der Waals surface area contributed by atoms with E-state index in [-0.39, 0.29) is 11.5 Å². The van der Waals surface area contributed by atoms with Gasteiger partial charge in [-0.2, -0.15) is 0 Å². The first kappa shape index (κ1) is 19.4. The van der Waals surface area contributed by atoms with Crippen LogP contribution < -0.4 is 0 Å². The number of rotatable bonds is 1. The van der Waals surface area contributed by atoms with Crippen LogP contribution in [0.4, 0.5) is 0 Å². The summed E-state index contributed by atoms with van der Waals surface area (Å²) in [4.78, 5) is 0. The third kappa shape index (κ3) is 2.88. The molecule has 7 unspecified atom stereocenters. The summed E-state index contributed by atoms with van der Waals surface area (Å²) >= 11 is 3.59.